The second kappa shape index (κ2) is 7.09. The summed E-state index contributed by atoms with van der Waals surface area (Å²) in [5.74, 6) is 0.310. The number of imidazole rings is 1. The van der Waals surface area contributed by atoms with E-state index in [4.69, 9.17) is 33.5 Å². The Hall–Kier alpha value is -1.82. The number of nitrogens with two attached hydrogens (primary N) is 1. The maximum absolute atomic E-state index is 13.1. The molecule has 2 N–H and O–H groups in total. The summed E-state index contributed by atoms with van der Waals surface area (Å²) in [6.45, 7) is 6.73. The van der Waals surface area contributed by atoms with Crippen LogP contribution in [-0.4, -0.2) is 64.3 Å². The van der Waals surface area contributed by atoms with Crippen molar-refractivity contribution >= 4 is 24.9 Å². The van der Waals surface area contributed by atoms with Gasteiger partial charge in [0.1, 0.15) is 17.8 Å². The Morgan fingerprint density at radius 1 is 1.39 bits per heavy atom. The van der Waals surface area contributed by atoms with E-state index in [-0.39, 0.29) is 30.5 Å². The van der Waals surface area contributed by atoms with Crippen LogP contribution in [0.3, 0.4) is 0 Å². The van der Waals surface area contributed by atoms with E-state index in [1.807, 2.05) is 20.8 Å². The van der Waals surface area contributed by atoms with Crippen molar-refractivity contribution in [3.05, 3.63) is 6.33 Å². The molecule has 0 aromatic carbocycles. The number of nitrogens with zero attached hydrogens (tertiary/aromatic N) is 4. The first kappa shape index (κ1) is 21.0. The molecule has 5 atom stereocenters. The van der Waals surface area contributed by atoms with Crippen LogP contribution in [0.2, 0.25) is 0 Å². The molecule has 0 amide bonds. The third-order valence-electron chi connectivity index (χ3n) is 5.55. The minimum Gasteiger partial charge on any atom is -0.479 e. The molecule has 1 unspecified atom stereocenters. The van der Waals surface area contributed by atoms with Gasteiger partial charge in [0.25, 0.3) is 0 Å². The Labute approximate surface area is 178 Å². The summed E-state index contributed by atoms with van der Waals surface area (Å²) in [7, 11) is -2.28. The smallest absolute Gasteiger partial charge is 0.475 e. The Morgan fingerprint density at radius 3 is 2.81 bits per heavy atom. The highest BCUT2D eigenvalue weighted by Crippen LogP contribution is 2.62. The Kier molecular flexibility index (Phi) is 4.82. The zero-order valence-electron chi connectivity index (χ0n) is 17.8. The fraction of sp³-hybridized carbons (Fsp3) is 0.722. The number of rotatable bonds is 4. The number of hydrogen-bond acceptors (Lipinski definition) is 11. The molecule has 170 valence electrons. The summed E-state index contributed by atoms with van der Waals surface area (Å²) in [4.78, 5) is 12.7. The third kappa shape index (κ3) is 3.42. The van der Waals surface area contributed by atoms with E-state index in [9.17, 15) is 4.57 Å². The van der Waals surface area contributed by atoms with Gasteiger partial charge in [0.2, 0.25) is 11.8 Å². The first-order valence-electron chi connectivity index (χ1n) is 10.1. The monoisotopic (exact) mass is 455 g/mol. The van der Waals surface area contributed by atoms with E-state index in [1.165, 1.54) is 7.11 Å². The summed E-state index contributed by atoms with van der Waals surface area (Å²) >= 11 is 0. The predicted molar refractivity (Wildman–Crippen MR) is 107 cm³/mol. The van der Waals surface area contributed by atoms with E-state index in [0.29, 0.717) is 24.2 Å². The number of phosphoric acid groups is 1. The summed E-state index contributed by atoms with van der Waals surface area (Å²) in [5.41, 5.74) is 5.66. The quantitative estimate of drug-likeness (QED) is 0.677. The van der Waals surface area contributed by atoms with Gasteiger partial charge < -0.3 is 19.9 Å². The van der Waals surface area contributed by atoms with Crippen LogP contribution in [0.5, 0.6) is 5.88 Å². The number of nitrogen functional groups attached to an aromatic ring is 1. The average Bonchev–Trinajstić information content (AvgIpc) is 3.23. The second-order valence-electron chi connectivity index (χ2n) is 9.10. The number of phosphoric ester groups is 1. The molecule has 3 fully saturated rings. The topological polar surface area (TPSA) is 142 Å². The van der Waals surface area contributed by atoms with Crippen LogP contribution < -0.4 is 10.5 Å². The molecule has 1 spiro atoms. The fourth-order valence-corrected chi connectivity index (χ4v) is 5.71. The van der Waals surface area contributed by atoms with Gasteiger partial charge in [-0.15, -0.1) is 0 Å². The molecule has 3 aliphatic heterocycles. The predicted octanol–water partition coefficient (Wildman–Crippen LogP) is 2.06. The Balaban J connectivity index is 1.48. The highest BCUT2D eigenvalue weighted by atomic mass is 31.2. The Bertz CT molecular complexity index is 1050. The van der Waals surface area contributed by atoms with Gasteiger partial charge in [-0.2, -0.15) is 9.97 Å². The maximum atomic E-state index is 13.1. The average molecular weight is 455 g/mol. The number of anilines is 1. The van der Waals surface area contributed by atoms with Gasteiger partial charge in [-0.3, -0.25) is 18.1 Å². The van der Waals surface area contributed by atoms with Crippen molar-refractivity contribution in [3.63, 3.8) is 0 Å². The number of fused-ring (bicyclic) bond motifs is 3. The van der Waals surface area contributed by atoms with Crippen LogP contribution in [0.4, 0.5) is 5.95 Å². The first-order chi connectivity index (χ1) is 14.6. The number of ether oxygens (including phenoxy) is 3. The van der Waals surface area contributed by atoms with E-state index in [1.54, 1.807) is 10.9 Å². The summed E-state index contributed by atoms with van der Waals surface area (Å²) in [6, 6.07) is 0. The highest BCUT2D eigenvalue weighted by Gasteiger charge is 2.66. The molecule has 3 saturated heterocycles. The van der Waals surface area contributed by atoms with E-state index >= 15 is 0 Å². The van der Waals surface area contributed by atoms with Gasteiger partial charge in [0, 0.05) is 6.42 Å². The minimum atomic E-state index is -3.76. The summed E-state index contributed by atoms with van der Waals surface area (Å²) < 4.78 is 49.4. The first-order valence-corrected chi connectivity index (χ1v) is 11.5. The van der Waals surface area contributed by atoms with Gasteiger partial charge in [0.15, 0.2) is 17.4 Å². The van der Waals surface area contributed by atoms with Crippen molar-refractivity contribution in [1.82, 2.24) is 19.5 Å². The number of methoxy groups -OCH3 is 1. The summed E-state index contributed by atoms with van der Waals surface area (Å²) in [6.07, 6.45) is 0.435. The normalized spacial score (nSPS) is 35.3. The SMILES string of the molecule is COc1nc(N)nc2c1ncn2[C@@H]1O[C@@H]2COP(=O)(OCC(C)(C)C)O[C@H]2[C@]12CCO2. The maximum Gasteiger partial charge on any atom is 0.475 e. The molecular weight excluding hydrogens is 429 g/mol. The fourth-order valence-electron chi connectivity index (χ4n) is 4.04. The molecule has 13 heteroatoms. The lowest BCUT2D eigenvalue weighted by atomic mass is 9.86. The van der Waals surface area contributed by atoms with Crippen molar-refractivity contribution in [2.24, 2.45) is 5.41 Å². The van der Waals surface area contributed by atoms with Crippen molar-refractivity contribution in [2.75, 3.05) is 32.7 Å². The molecule has 3 aliphatic rings. The van der Waals surface area contributed by atoms with Crippen LogP contribution in [0.1, 0.15) is 33.4 Å². The highest BCUT2D eigenvalue weighted by molar-refractivity contribution is 7.48. The zero-order chi connectivity index (χ0) is 22.0. The van der Waals surface area contributed by atoms with Gasteiger partial charge in [-0.1, -0.05) is 20.8 Å². The lowest BCUT2D eigenvalue weighted by molar-refractivity contribution is -0.224. The molecule has 0 radical (unpaired) electrons. The zero-order valence-corrected chi connectivity index (χ0v) is 18.7. The largest absolute Gasteiger partial charge is 0.479 e. The molecule has 0 saturated carbocycles. The van der Waals surface area contributed by atoms with E-state index in [2.05, 4.69) is 15.0 Å². The van der Waals surface area contributed by atoms with Crippen molar-refractivity contribution < 1.29 is 32.3 Å². The van der Waals surface area contributed by atoms with Crippen LogP contribution in [-0.2, 0) is 27.6 Å². The van der Waals surface area contributed by atoms with Crippen LogP contribution >= 0.6 is 7.82 Å². The number of aromatic nitrogens is 4. The van der Waals surface area contributed by atoms with Crippen molar-refractivity contribution in [1.29, 1.82) is 0 Å². The molecule has 2 aromatic heterocycles. The van der Waals surface area contributed by atoms with Gasteiger partial charge >= 0.3 is 7.82 Å². The van der Waals surface area contributed by atoms with Crippen LogP contribution in [0.25, 0.3) is 11.2 Å². The van der Waals surface area contributed by atoms with Gasteiger partial charge in [-0.25, -0.2) is 9.55 Å². The lowest BCUT2D eigenvalue weighted by Crippen LogP contribution is -2.58. The molecular formula is C18H26N5O7P. The van der Waals surface area contributed by atoms with Gasteiger partial charge in [-0.05, 0) is 5.41 Å². The molecule has 5 rings (SSSR count). The van der Waals surface area contributed by atoms with Crippen LogP contribution in [0.15, 0.2) is 6.33 Å². The third-order valence-corrected chi connectivity index (χ3v) is 6.95. The van der Waals surface area contributed by atoms with Crippen molar-refractivity contribution in [3.8, 4) is 5.88 Å². The molecule has 12 nitrogen and oxygen atoms in total. The van der Waals surface area contributed by atoms with Gasteiger partial charge in [0.05, 0.1) is 33.3 Å². The minimum absolute atomic E-state index is 0.0461. The molecule has 0 aliphatic carbocycles. The number of hydrogen-bond donors (Lipinski definition) is 1. The second-order valence-corrected chi connectivity index (χ2v) is 10.7. The Morgan fingerprint density at radius 2 is 2.16 bits per heavy atom. The molecule has 2 aromatic rings. The summed E-state index contributed by atoms with van der Waals surface area (Å²) in [5, 5.41) is 0. The molecule has 5 heterocycles. The van der Waals surface area contributed by atoms with Crippen LogP contribution in [0, 0.1) is 5.41 Å². The molecule has 31 heavy (non-hydrogen) atoms. The van der Waals surface area contributed by atoms with Crippen molar-refractivity contribution in [2.45, 2.75) is 51.2 Å². The van der Waals surface area contributed by atoms with E-state index < -0.39 is 31.9 Å². The van der Waals surface area contributed by atoms with E-state index in [0.717, 1.165) is 0 Å². The lowest BCUT2D eigenvalue weighted by Gasteiger charge is -2.46. The standard InChI is InChI=1S/C18H26N5O7P/c1-17(2,3)8-28-31(24)27-7-10-12(30-31)18(5-6-26-18)15(29-10)23-9-20-11-13(23)21-16(19)22-14(11)25-4/h9-10,12,15H,5-8H2,1-4H3,(H2,19,21,22)/t10-,12-,15-,18-,31?/m1/s1. The molecule has 0 bridgehead atoms.